The Morgan fingerprint density at radius 2 is 1.92 bits per heavy atom. The molecule has 2 aromatic rings. The van der Waals surface area contributed by atoms with Gasteiger partial charge in [-0.3, -0.25) is 4.79 Å². The van der Waals surface area contributed by atoms with Crippen LogP contribution in [0.1, 0.15) is 36.8 Å². The molecule has 0 aliphatic rings. The fourth-order valence-electron chi connectivity index (χ4n) is 2.54. The molecule has 0 saturated heterocycles. The summed E-state index contributed by atoms with van der Waals surface area (Å²) < 4.78 is 11.1. The molecule has 0 aliphatic heterocycles. The third kappa shape index (κ3) is 4.75. The maximum absolute atomic E-state index is 11.7. The van der Waals surface area contributed by atoms with Gasteiger partial charge >= 0.3 is 5.97 Å². The van der Waals surface area contributed by atoms with Crippen LogP contribution in [0.3, 0.4) is 0 Å². The van der Waals surface area contributed by atoms with Crippen LogP contribution in [-0.4, -0.2) is 24.8 Å². The van der Waals surface area contributed by atoms with Gasteiger partial charge < -0.3 is 14.6 Å². The lowest BCUT2D eigenvalue weighted by Crippen LogP contribution is -2.15. The summed E-state index contributed by atoms with van der Waals surface area (Å²) in [5.74, 6) is -0.0357. The average molecular weight is 328 g/mol. The van der Waals surface area contributed by atoms with Crippen molar-refractivity contribution in [1.29, 1.82) is 0 Å². The van der Waals surface area contributed by atoms with Crippen LogP contribution in [-0.2, 0) is 11.2 Å². The molecule has 0 heterocycles. The molecule has 2 aromatic carbocycles. The highest BCUT2D eigenvalue weighted by molar-refractivity contribution is 5.76. The molecule has 0 fully saturated rings. The van der Waals surface area contributed by atoms with Crippen LogP contribution in [0.15, 0.2) is 48.5 Å². The number of unbranched alkanes of at least 4 members (excludes halogenated alkanes) is 1. The van der Waals surface area contributed by atoms with E-state index in [-0.39, 0.29) is 0 Å². The first-order chi connectivity index (χ1) is 11.7. The van der Waals surface area contributed by atoms with Crippen molar-refractivity contribution in [2.75, 3.05) is 13.7 Å². The lowest BCUT2D eigenvalue weighted by molar-refractivity contribution is -0.138. The third-order valence-corrected chi connectivity index (χ3v) is 3.95. The molecule has 24 heavy (non-hydrogen) atoms. The van der Waals surface area contributed by atoms with E-state index in [9.17, 15) is 9.90 Å². The maximum Gasteiger partial charge on any atom is 0.311 e. The van der Waals surface area contributed by atoms with E-state index in [0.717, 1.165) is 24.0 Å². The van der Waals surface area contributed by atoms with Gasteiger partial charge in [0.15, 0.2) is 0 Å². The number of carboxylic acid groups (broad SMARTS) is 1. The highest BCUT2D eigenvalue weighted by atomic mass is 16.5. The number of hydrogen-bond donors (Lipinski definition) is 1. The van der Waals surface area contributed by atoms with Gasteiger partial charge in [0.05, 0.1) is 19.6 Å². The van der Waals surface area contributed by atoms with Crippen LogP contribution in [0.4, 0.5) is 0 Å². The van der Waals surface area contributed by atoms with Gasteiger partial charge in [0, 0.05) is 6.07 Å². The van der Waals surface area contributed by atoms with Gasteiger partial charge in [-0.15, -0.1) is 0 Å². The summed E-state index contributed by atoms with van der Waals surface area (Å²) in [6.45, 7) is 2.71. The third-order valence-electron chi connectivity index (χ3n) is 3.95. The molecule has 128 valence electrons. The van der Waals surface area contributed by atoms with Crippen LogP contribution in [0, 0.1) is 0 Å². The summed E-state index contributed by atoms with van der Waals surface area (Å²) in [4.78, 5) is 11.7. The largest absolute Gasteiger partial charge is 0.497 e. The zero-order valence-corrected chi connectivity index (χ0v) is 14.2. The fraction of sp³-hybridized carbons (Fsp3) is 0.350. The van der Waals surface area contributed by atoms with E-state index in [1.807, 2.05) is 48.5 Å². The Balaban J connectivity index is 2.26. The van der Waals surface area contributed by atoms with Gasteiger partial charge in [0.25, 0.3) is 0 Å². The van der Waals surface area contributed by atoms with Gasteiger partial charge in [0.2, 0.25) is 0 Å². The van der Waals surface area contributed by atoms with E-state index < -0.39 is 11.9 Å². The molecule has 0 saturated carbocycles. The lowest BCUT2D eigenvalue weighted by atomic mass is 9.91. The highest BCUT2D eigenvalue weighted by Gasteiger charge is 2.22. The van der Waals surface area contributed by atoms with Crippen LogP contribution in [0.25, 0.3) is 0 Å². The molecule has 0 amide bonds. The first-order valence-corrected chi connectivity index (χ1v) is 8.23. The molecular weight excluding hydrogens is 304 g/mol. The fourth-order valence-corrected chi connectivity index (χ4v) is 2.54. The number of rotatable bonds is 9. The van der Waals surface area contributed by atoms with Gasteiger partial charge in [-0.05, 0) is 30.0 Å². The van der Waals surface area contributed by atoms with Crippen LogP contribution >= 0.6 is 0 Å². The summed E-state index contributed by atoms with van der Waals surface area (Å²) in [6.07, 6.45) is 2.38. The lowest BCUT2D eigenvalue weighted by Gasteiger charge is -2.17. The quantitative estimate of drug-likeness (QED) is 0.698. The van der Waals surface area contributed by atoms with E-state index in [2.05, 4.69) is 6.92 Å². The number of ether oxygens (including phenoxy) is 2. The normalized spacial score (nSPS) is 11.8. The molecule has 0 bridgehead atoms. The maximum atomic E-state index is 11.7. The van der Waals surface area contributed by atoms with Crippen LogP contribution in [0.5, 0.6) is 11.5 Å². The second-order valence-corrected chi connectivity index (χ2v) is 5.68. The molecule has 1 unspecified atom stereocenters. The number of methoxy groups -OCH3 is 1. The predicted octanol–water partition coefficient (Wildman–Crippen LogP) is 4.29. The van der Waals surface area contributed by atoms with Crippen molar-refractivity contribution in [3.8, 4) is 11.5 Å². The van der Waals surface area contributed by atoms with Crippen molar-refractivity contribution >= 4 is 5.97 Å². The summed E-state index contributed by atoms with van der Waals surface area (Å²) in [7, 11) is 1.61. The van der Waals surface area contributed by atoms with Crippen molar-refractivity contribution in [1.82, 2.24) is 0 Å². The number of carboxylic acids is 1. The van der Waals surface area contributed by atoms with Crippen LogP contribution < -0.4 is 9.47 Å². The molecule has 0 radical (unpaired) electrons. The van der Waals surface area contributed by atoms with E-state index in [0.29, 0.717) is 24.5 Å². The molecule has 1 N–H and O–H groups in total. The van der Waals surface area contributed by atoms with Gasteiger partial charge in [0.1, 0.15) is 11.5 Å². The smallest absolute Gasteiger partial charge is 0.311 e. The molecular formula is C20H24O4. The Hall–Kier alpha value is -2.49. The number of hydrogen-bond acceptors (Lipinski definition) is 3. The summed E-state index contributed by atoms with van der Waals surface area (Å²) in [6, 6.07) is 14.9. The monoisotopic (exact) mass is 328 g/mol. The Morgan fingerprint density at radius 1 is 1.17 bits per heavy atom. The van der Waals surface area contributed by atoms with E-state index >= 15 is 0 Å². The molecule has 0 aromatic heterocycles. The average Bonchev–Trinajstić information content (AvgIpc) is 2.61. The topological polar surface area (TPSA) is 55.8 Å². The molecule has 2 rings (SSSR count). The van der Waals surface area contributed by atoms with Crippen molar-refractivity contribution in [2.45, 2.75) is 32.1 Å². The summed E-state index contributed by atoms with van der Waals surface area (Å²) in [5, 5.41) is 9.63. The van der Waals surface area contributed by atoms with Crippen molar-refractivity contribution < 1.29 is 19.4 Å². The van der Waals surface area contributed by atoms with Gasteiger partial charge in [-0.1, -0.05) is 49.7 Å². The first kappa shape index (κ1) is 17.9. The minimum Gasteiger partial charge on any atom is -0.497 e. The van der Waals surface area contributed by atoms with Crippen LogP contribution in [0.2, 0.25) is 0 Å². The molecule has 0 spiro atoms. The predicted molar refractivity (Wildman–Crippen MR) is 93.9 cm³/mol. The van der Waals surface area contributed by atoms with Gasteiger partial charge in [-0.25, -0.2) is 0 Å². The molecule has 0 aliphatic carbocycles. The Bertz CT molecular complexity index is 652. The number of aliphatic carboxylic acids is 1. The van der Waals surface area contributed by atoms with E-state index in [1.54, 1.807) is 7.11 Å². The second kappa shape index (κ2) is 8.96. The number of carbonyl (C=O) groups is 1. The molecule has 1 atom stereocenters. The van der Waals surface area contributed by atoms with E-state index in [1.165, 1.54) is 0 Å². The SMILES string of the molecule is CCCCOc1cc(OC)ccc1CC(C(=O)O)c1ccccc1. The molecule has 4 nitrogen and oxygen atoms in total. The van der Waals surface area contributed by atoms with E-state index in [4.69, 9.17) is 9.47 Å². The minimum atomic E-state index is -0.837. The zero-order chi connectivity index (χ0) is 17.4. The van der Waals surface area contributed by atoms with Gasteiger partial charge in [-0.2, -0.15) is 0 Å². The Morgan fingerprint density at radius 3 is 2.54 bits per heavy atom. The zero-order valence-electron chi connectivity index (χ0n) is 14.2. The minimum absolute atomic E-state index is 0.380. The number of benzene rings is 2. The second-order valence-electron chi connectivity index (χ2n) is 5.68. The molecule has 4 heteroatoms. The Labute approximate surface area is 143 Å². The van der Waals surface area contributed by atoms with Crippen molar-refractivity contribution in [3.63, 3.8) is 0 Å². The Kier molecular flexibility index (Phi) is 6.67. The first-order valence-electron chi connectivity index (χ1n) is 8.23. The standard InChI is InChI=1S/C20H24O4/c1-3-4-12-24-19-14-17(23-2)11-10-16(19)13-18(20(21)22)15-8-6-5-7-9-15/h5-11,14,18H,3-4,12-13H2,1-2H3,(H,21,22). The van der Waals surface area contributed by atoms with Crippen molar-refractivity contribution in [2.24, 2.45) is 0 Å². The van der Waals surface area contributed by atoms with Crippen molar-refractivity contribution in [3.05, 3.63) is 59.7 Å². The summed E-state index contributed by atoms with van der Waals surface area (Å²) in [5.41, 5.74) is 1.67. The summed E-state index contributed by atoms with van der Waals surface area (Å²) >= 11 is 0. The highest BCUT2D eigenvalue weighted by Crippen LogP contribution is 2.30.